The van der Waals surface area contributed by atoms with Crippen LogP contribution in [0.4, 0.5) is 0 Å². The highest BCUT2D eigenvalue weighted by Gasteiger charge is 2.33. The maximum atomic E-state index is 14.3. The molecule has 1 aliphatic carbocycles. The monoisotopic (exact) mass is 646 g/mol. The van der Waals surface area contributed by atoms with Gasteiger partial charge in [-0.1, -0.05) is 0 Å². The minimum Gasteiger partial charge on any atom is -0.492 e. The van der Waals surface area contributed by atoms with E-state index in [0.29, 0.717) is 30.9 Å². The van der Waals surface area contributed by atoms with Crippen LogP contribution in [-0.4, -0.2) is 104 Å². The Morgan fingerprint density at radius 3 is 1.62 bits per heavy atom. The normalized spacial score (nSPS) is 18.1. The molecule has 3 fully saturated rings. The smallest absolute Gasteiger partial charge is 0.195 e. The van der Waals surface area contributed by atoms with Crippen LogP contribution >= 0.6 is 0 Å². The predicted molar refractivity (Wildman–Crippen MR) is 190 cm³/mol. The quantitative estimate of drug-likeness (QED) is 0.143. The van der Waals surface area contributed by atoms with Crippen LogP contribution < -0.4 is 14.2 Å². The second kappa shape index (κ2) is 14.2. The molecule has 1 aromatic heterocycles. The molecule has 0 saturated carbocycles. The van der Waals surface area contributed by atoms with E-state index in [0.717, 1.165) is 96.3 Å². The summed E-state index contributed by atoms with van der Waals surface area (Å²) in [6.45, 7) is 11.6. The van der Waals surface area contributed by atoms with Gasteiger partial charge in [-0.3, -0.25) is 19.5 Å². The van der Waals surface area contributed by atoms with E-state index in [1.807, 2.05) is 48.5 Å². The standard InChI is InChI=1S/C40H46N4O4/c45-40-34-27-31(47-25-22-43-17-3-4-18-43)11-13-33(34)37-38(40)35-28-32(48-26-23-44-19-5-6-20-44)12-14-36(35)41-39(37)29-7-9-30(10-8-29)46-24-21-42-15-1-2-16-42/h7-14,27-28H,1-6,15-26H2. The molecule has 4 heterocycles. The van der Waals surface area contributed by atoms with Crippen molar-refractivity contribution in [3.05, 3.63) is 71.8 Å². The van der Waals surface area contributed by atoms with Gasteiger partial charge in [0.1, 0.15) is 37.1 Å². The van der Waals surface area contributed by atoms with Crippen LogP contribution in [0.5, 0.6) is 17.2 Å². The second-order valence-electron chi connectivity index (χ2n) is 13.6. The molecular weight excluding hydrogens is 600 g/mol. The van der Waals surface area contributed by atoms with Crippen molar-refractivity contribution in [1.82, 2.24) is 19.7 Å². The summed E-state index contributed by atoms with van der Waals surface area (Å²) in [5.74, 6) is 2.35. The molecule has 3 aliphatic heterocycles. The first-order valence-electron chi connectivity index (χ1n) is 18.0. The summed E-state index contributed by atoms with van der Waals surface area (Å²) in [6.07, 6.45) is 7.61. The molecule has 8 nitrogen and oxygen atoms in total. The van der Waals surface area contributed by atoms with Crippen molar-refractivity contribution in [3.8, 4) is 39.6 Å². The lowest BCUT2D eigenvalue weighted by molar-refractivity contribution is 0.104. The van der Waals surface area contributed by atoms with E-state index >= 15 is 0 Å². The van der Waals surface area contributed by atoms with E-state index in [1.54, 1.807) is 0 Å². The second-order valence-corrected chi connectivity index (χ2v) is 13.6. The number of ketones is 1. The van der Waals surface area contributed by atoms with Crippen molar-refractivity contribution in [2.24, 2.45) is 0 Å². The topological polar surface area (TPSA) is 67.4 Å². The summed E-state index contributed by atoms with van der Waals surface area (Å²) in [6, 6.07) is 20.1. The first-order valence-corrected chi connectivity index (χ1v) is 18.0. The molecule has 8 rings (SSSR count). The molecule has 0 atom stereocenters. The van der Waals surface area contributed by atoms with Gasteiger partial charge >= 0.3 is 0 Å². The van der Waals surface area contributed by atoms with Crippen molar-refractivity contribution in [2.45, 2.75) is 38.5 Å². The van der Waals surface area contributed by atoms with Gasteiger partial charge in [0.2, 0.25) is 0 Å². The Morgan fingerprint density at radius 2 is 1.04 bits per heavy atom. The summed E-state index contributed by atoms with van der Waals surface area (Å²) < 4.78 is 18.5. The Bertz CT molecular complexity index is 1760. The number of fused-ring (bicyclic) bond motifs is 5. The van der Waals surface area contributed by atoms with Crippen LogP contribution in [0.1, 0.15) is 54.4 Å². The summed E-state index contributed by atoms with van der Waals surface area (Å²) in [5.41, 5.74) is 5.68. The average Bonchev–Trinajstić information content (AvgIpc) is 3.95. The zero-order chi connectivity index (χ0) is 32.3. The fourth-order valence-corrected chi connectivity index (χ4v) is 7.80. The van der Waals surface area contributed by atoms with E-state index < -0.39 is 0 Å². The highest BCUT2D eigenvalue weighted by molar-refractivity contribution is 6.29. The molecule has 3 aromatic carbocycles. The van der Waals surface area contributed by atoms with Crippen LogP contribution in [0.15, 0.2) is 60.7 Å². The first kappa shape index (κ1) is 31.3. The molecule has 0 amide bonds. The maximum absolute atomic E-state index is 14.3. The zero-order valence-corrected chi connectivity index (χ0v) is 27.9. The third-order valence-electron chi connectivity index (χ3n) is 10.4. The molecule has 0 unspecified atom stereocenters. The number of aromatic nitrogens is 1. The Morgan fingerprint density at radius 1 is 0.542 bits per heavy atom. The molecule has 0 spiro atoms. The van der Waals surface area contributed by atoms with Gasteiger partial charge in [0, 0.05) is 47.3 Å². The van der Waals surface area contributed by atoms with Gasteiger partial charge in [-0.2, -0.15) is 0 Å². The molecule has 0 N–H and O–H groups in total. The van der Waals surface area contributed by atoms with E-state index in [1.165, 1.54) is 51.6 Å². The van der Waals surface area contributed by atoms with Gasteiger partial charge in [0.25, 0.3) is 0 Å². The van der Waals surface area contributed by atoms with Crippen molar-refractivity contribution in [3.63, 3.8) is 0 Å². The first-order chi connectivity index (χ1) is 23.7. The highest BCUT2D eigenvalue weighted by Crippen LogP contribution is 2.46. The minimum absolute atomic E-state index is 0.00901. The largest absolute Gasteiger partial charge is 0.492 e. The summed E-state index contributed by atoms with van der Waals surface area (Å²) >= 11 is 0. The summed E-state index contributed by atoms with van der Waals surface area (Å²) in [4.78, 5) is 26.9. The molecule has 3 saturated heterocycles. The Labute approximate surface area is 283 Å². The number of hydrogen-bond donors (Lipinski definition) is 0. The molecule has 48 heavy (non-hydrogen) atoms. The number of pyridine rings is 1. The van der Waals surface area contributed by atoms with Crippen molar-refractivity contribution in [1.29, 1.82) is 0 Å². The van der Waals surface area contributed by atoms with Crippen LogP contribution in [0.3, 0.4) is 0 Å². The number of ether oxygens (including phenoxy) is 3. The Kier molecular flexibility index (Phi) is 9.29. The van der Waals surface area contributed by atoms with Crippen LogP contribution in [0.2, 0.25) is 0 Å². The van der Waals surface area contributed by atoms with E-state index in [-0.39, 0.29) is 5.78 Å². The van der Waals surface area contributed by atoms with Gasteiger partial charge in [-0.15, -0.1) is 0 Å². The molecular formula is C40H46N4O4. The number of likely N-dealkylation sites (tertiary alicyclic amines) is 3. The molecule has 0 radical (unpaired) electrons. The lowest BCUT2D eigenvalue weighted by Gasteiger charge is -2.16. The number of carbonyl (C=O) groups is 1. The van der Waals surface area contributed by atoms with Gasteiger partial charge < -0.3 is 14.2 Å². The number of nitrogens with zero attached hydrogens (tertiary/aromatic N) is 4. The van der Waals surface area contributed by atoms with Crippen LogP contribution in [0.25, 0.3) is 33.3 Å². The number of hydrogen-bond acceptors (Lipinski definition) is 8. The Hall–Kier alpha value is -3.98. The van der Waals surface area contributed by atoms with E-state index in [9.17, 15) is 4.79 Å². The third-order valence-corrected chi connectivity index (χ3v) is 10.4. The fraction of sp³-hybridized carbons (Fsp3) is 0.450. The summed E-state index contributed by atoms with van der Waals surface area (Å²) in [5, 5.41) is 0.826. The van der Waals surface area contributed by atoms with Crippen LogP contribution in [0, 0.1) is 0 Å². The van der Waals surface area contributed by atoms with Gasteiger partial charge in [-0.05, 0) is 144 Å². The van der Waals surface area contributed by atoms with Gasteiger partial charge in [0.15, 0.2) is 5.78 Å². The highest BCUT2D eigenvalue weighted by atomic mass is 16.5. The SMILES string of the molecule is O=C1c2cc(OCCN3CCCC3)ccc2-c2c(-c3ccc(OCCN4CCCC4)cc3)nc3ccc(OCCN4CCCC4)cc3c21. The lowest BCUT2D eigenvalue weighted by atomic mass is 9.96. The van der Waals surface area contributed by atoms with Crippen molar-refractivity contribution >= 4 is 16.7 Å². The van der Waals surface area contributed by atoms with E-state index in [2.05, 4.69) is 26.8 Å². The number of carbonyl (C=O) groups excluding carboxylic acids is 1. The lowest BCUT2D eigenvalue weighted by Crippen LogP contribution is -2.25. The third kappa shape index (κ3) is 6.66. The molecule has 8 heteroatoms. The van der Waals surface area contributed by atoms with E-state index in [4.69, 9.17) is 19.2 Å². The van der Waals surface area contributed by atoms with Gasteiger partial charge in [0.05, 0.1) is 11.2 Å². The molecule has 250 valence electrons. The number of benzene rings is 3. The Balaban J connectivity index is 1.09. The minimum atomic E-state index is 0.00901. The molecule has 0 bridgehead atoms. The van der Waals surface area contributed by atoms with Gasteiger partial charge in [-0.25, -0.2) is 4.98 Å². The van der Waals surface area contributed by atoms with Crippen molar-refractivity contribution < 1.29 is 19.0 Å². The van der Waals surface area contributed by atoms with Crippen LogP contribution in [-0.2, 0) is 0 Å². The molecule has 4 aliphatic rings. The maximum Gasteiger partial charge on any atom is 0.195 e. The number of rotatable bonds is 13. The van der Waals surface area contributed by atoms with Crippen molar-refractivity contribution in [2.75, 3.05) is 78.7 Å². The molecule has 4 aromatic rings. The fourth-order valence-electron chi connectivity index (χ4n) is 7.80. The summed E-state index contributed by atoms with van der Waals surface area (Å²) in [7, 11) is 0. The predicted octanol–water partition coefficient (Wildman–Crippen LogP) is 6.54. The average molecular weight is 647 g/mol. The zero-order valence-electron chi connectivity index (χ0n) is 27.9.